The average molecular weight is 318 g/mol. The van der Waals surface area contributed by atoms with Crippen molar-refractivity contribution in [2.75, 3.05) is 39.4 Å². The zero-order valence-corrected chi connectivity index (χ0v) is 13.4. The highest BCUT2D eigenvalue weighted by Crippen LogP contribution is 2.28. The number of rotatable bonds is 4. The number of hydrogen-bond acceptors (Lipinski definition) is 5. The number of carboxylic acid groups (broad SMARTS) is 1. The molecule has 7 nitrogen and oxygen atoms in total. The highest BCUT2D eigenvalue weighted by molar-refractivity contribution is 5.79. The van der Waals surface area contributed by atoms with Crippen molar-refractivity contribution in [3.63, 3.8) is 0 Å². The topological polar surface area (TPSA) is 81.7 Å². The van der Waals surface area contributed by atoms with Gasteiger partial charge in [0.1, 0.15) is 17.3 Å². The second-order valence-electron chi connectivity index (χ2n) is 6.36. The van der Waals surface area contributed by atoms with Gasteiger partial charge >= 0.3 is 5.97 Å². The lowest BCUT2D eigenvalue weighted by atomic mass is 9.95. The van der Waals surface area contributed by atoms with Crippen LogP contribution in [0, 0.1) is 11.3 Å². The number of aliphatic carboxylic acids is 1. The Morgan fingerprint density at radius 1 is 1.43 bits per heavy atom. The smallest absolute Gasteiger partial charge is 0.326 e. The molecule has 23 heavy (non-hydrogen) atoms. The SMILES string of the molecule is Cn1cc(CN2CCN(C3(C(=O)O)CCOC3)CC2)cc1C#N. The Balaban J connectivity index is 1.60. The van der Waals surface area contributed by atoms with Crippen LogP contribution in [0.1, 0.15) is 17.7 Å². The lowest BCUT2D eigenvalue weighted by Gasteiger charge is -2.42. The van der Waals surface area contributed by atoms with E-state index in [-0.39, 0.29) is 6.61 Å². The van der Waals surface area contributed by atoms with E-state index in [0.717, 1.165) is 38.3 Å². The monoisotopic (exact) mass is 318 g/mol. The fourth-order valence-electron chi connectivity index (χ4n) is 3.53. The molecule has 1 N–H and O–H groups in total. The fourth-order valence-corrected chi connectivity index (χ4v) is 3.53. The lowest BCUT2D eigenvalue weighted by Crippen LogP contribution is -2.61. The molecule has 2 aliphatic rings. The highest BCUT2D eigenvalue weighted by atomic mass is 16.5. The van der Waals surface area contributed by atoms with Gasteiger partial charge in [-0.1, -0.05) is 0 Å². The number of ether oxygens (including phenoxy) is 1. The van der Waals surface area contributed by atoms with Gasteiger partial charge in [-0.25, -0.2) is 0 Å². The first kappa shape index (κ1) is 16.0. The van der Waals surface area contributed by atoms with Crippen LogP contribution >= 0.6 is 0 Å². The Hall–Kier alpha value is -1.88. The van der Waals surface area contributed by atoms with Crippen LogP contribution in [0.25, 0.3) is 0 Å². The average Bonchev–Trinajstić information content (AvgIpc) is 3.15. The minimum Gasteiger partial charge on any atom is -0.480 e. The first-order chi connectivity index (χ1) is 11.0. The Bertz CT molecular complexity index is 620. The molecule has 0 aliphatic carbocycles. The molecule has 124 valence electrons. The Kier molecular flexibility index (Phi) is 4.39. The summed E-state index contributed by atoms with van der Waals surface area (Å²) in [4.78, 5) is 16.1. The number of nitrogens with zero attached hydrogens (tertiary/aromatic N) is 4. The summed E-state index contributed by atoms with van der Waals surface area (Å²) in [6, 6.07) is 4.08. The molecule has 2 aliphatic heterocycles. The molecule has 0 amide bonds. The molecule has 1 aromatic heterocycles. The maximum absolute atomic E-state index is 11.7. The predicted molar refractivity (Wildman–Crippen MR) is 82.8 cm³/mol. The molecule has 0 saturated carbocycles. The minimum absolute atomic E-state index is 0.284. The first-order valence-corrected chi connectivity index (χ1v) is 7.89. The molecule has 7 heteroatoms. The third kappa shape index (κ3) is 2.98. The third-order valence-corrected chi connectivity index (χ3v) is 4.96. The zero-order valence-electron chi connectivity index (χ0n) is 13.4. The van der Waals surface area contributed by atoms with Crippen molar-refractivity contribution in [1.29, 1.82) is 5.26 Å². The predicted octanol–water partition coefficient (Wildman–Crippen LogP) is 0.258. The quantitative estimate of drug-likeness (QED) is 0.857. The molecular formula is C16H22N4O3. The van der Waals surface area contributed by atoms with Crippen LogP contribution in [0.15, 0.2) is 12.3 Å². The molecule has 3 rings (SSSR count). The summed E-state index contributed by atoms with van der Waals surface area (Å²) >= 11 is 0. The Morgan fingerprint density at radius 2 is 2.17 bits per heavy atom. The second-order valence-corrected chi connectivity index (χ2v) is 6.36. The summed E-state index contributed by atoms with van der Waals surface area (Å²) in [6.07, 6.45) is 2.54. The van der Waals surface area contributed by atoms with Gasteiger partial charge in [0.2, 0.25) is 0 Å². The summed E-state index contributed by atoms with van der Waals surface area (Å²) in [6.45, 7) is 4.71. The third-order valence-electron chi connectivity index (χ3n) is 4.96. The van der Waals surface area contributed by atoms with E-state index < -0.39 is 11.5 Å². The number of aromatic nitrogens is 1. The molecule has 3 heterocycles. The van der Waals surface area contributed by atoms with E-state index in [0.29, 0.717) is 18.7 Å². The minimum atomic E-state index is -0.840. The number of hydrogen-bond donors (Lipinski definition) is 1. The molecule has 2 fully saturated rings. The molecule has 0 bridgehead atoms. The van der Waals surface area contributed by atoms with Crippen molar-refractivity contribution in [1.82, 2.24) is 14.4 Å². The van der Waals surface area contributed by atoms with Gasteiger partial charge in [-0.15, -0.1) is 0 Å². The summed E-state index contributed by atoms with van der Waals surface area (Å²) in [5.41, 5.74) is 0.938. The largest absolute Gasteiger partial charge is 0.480 e. The van der Waals surface area contributed by atoms with E-state index in [1.54, 1.807) is 0 Å². The molecule has 0 aromatic carbocycles. The van der Waals surface area contributed by atoms with Gasteiger partial charge in [0.15, 0.2) is 0 Å². The second kappa shape index (κ2) is 6.32. The fraction of sp³-hybridized carbons (Fsp3) is 0.625. The number of carbonyl (C=O) groups is 1. The summed E-state index contributed by atoms with van der Waals surface area (Å²) in [5, 5.41) is 18.6. The van der Waals surface area contributed by atoms with Gasteiger partial charge in [0.25, 0.3) is 0 Å². The van der Waals surface area contributed by atoms with Gasteiger partial charge in [-0.3, -0.25) is 14.6 Å². The van der Waals surface area contributed by atoms with E-state index in [2.05, 4.69) is 15.9 Å². The van der Waals surface area contributed by atoms with E-state index >= 15 is 0 Å². The Labute approximate surface area is 135 Å². The summed E-state index contributed by atoms with van der Waals surface area (Å²) in [5.74, 6) is -0.773. The highest BCUT2D eigenvalue weighted by Gasteiger charge is 2.48. The van der Waals surface area contributed by atoms with Crippen molar-refractivity contribution < 1.29 is 14.6 Å². The summed E-state index contributed by atoms with van der Waals surface area (Å²) in [7, 11) is 1.87. The van der Waals surface area contributed by atoms with Crippen molar-refractivity contribution >= 4 is 5.97 Å². The van der Waals surface area contributed by atoms with Gasteiger partial charge in [0.05, 0.1) is 6.61 Å². The van der Waals surface area contributed by atoms with E-state index in [9.17, 15) is 9.90 Å². The summed E-state index contributed by atoms with van der Waals surface area (Å²) < 4.78 is 7.19. The van der Waals surface area contributed by atoms with Crippen LogP contribution < -0.4 is 0 Å². The number of piperazine rings is 1. The van der Waals surface area contributed by atoms with Crippen LogP contribution in [0.4, 0.5) is 0 Å². The maximum Gasteiger partial charge on any atom is 0.326 e. The van der Waals surface area contributed by atoms with Crippen LogP contribution in [0.2, 0.25) is 0 Å². The molecular weight excluding hydrogens is 296 g/mol. The van der Waals surface area contributed by atoms with Gasteiger partial charge in [0, 0.05) is 59.0 Å². The van der Waals surface area contributed by atoms with E-state index in [1.807, 2.05) is 23.9 Å². The molecule has 0 radical (unpaired) electrons. The van der Waals surface area contributed by atoms with Crippen molar-refractivity contribution in [3.05, 3.63) is 23.5 Å². The van der Waals surface area contributed by atoms with Gasteiger partial charge < -0.3 is 14.4 Å². The van der Waals surface area contributed by atoms with Gasteiger partial charge in [-0.05, 0) is 11.6 Å². The van der Waals surface area contributed by atoms with Gasteiger partial charge in [-0.2, -0.15) is 5.26 Å². The first-order valence-electron chi connectivity index (χ1n) is 7.89. The van der Waals surface area contributed by atoms with E-state index in [4.69, 9.17) is 10.00 Å². The molecule has 1 unspecified atom stereocenters. The van der Waals surface area contributed by atoms with Crippen LogP contribution in [0.3, 0.4) is 0 Å². The number of carboxylic acids is 1. The molecule has 1 aromatic rings. The molecule has 1 atom stereocenters. The number of nitriles is 1. The van der Waals surface area contributed by atoms with Crippen molar-refractivity contribution in [2.24, 2.45) is 7.05 Å². The van der Waals surface area contributed by atoms with Crippen molar-refractivity contribution in [2.45, 2.75) is 18.5 Å². The standard InChI is InChI=1S/C16H22N4O3/c1-18-10-13(8-14(18)9-17)11-19-3-5-20(6-4-19)16(15(21)22)2-7-23-12-16/h8,10H,2-7,11-12H2,1H3,(H,21,22). The zero-order chi connectivity index (χ0) is 16.4. The number of aryl methyl sites for hydroxylation is 1. The van der Waals surface area contributed by atoms with Crippen LogP contribution in [-0.2, 0) is 23.1 Å². The molecule has 2 saturated heterocycles. The normalized spacial score (nSPS) is 26.3. The van der Waals surface area contributed by atoms with E-state index in [1.165, 1.54) is 0 Å². The molecule has 0 spiro atoms. The van der Waals surface area contributed by atoms with Crippen molar-refractivity contribution in [3.8, 4) is 6.07 Å². The Morgan fingerprint density at radius 3 is 2.70 bits per heavy atom. The van der Waals surface area contributed by atoms with Crippen LogP contribution in [0.5, 0.6) is 0 Å². The maximum atomic E-state index is 11.7. The lowest BCUT2D eigenvalue weighted by molar-refractivity contribution is -0.153. The van der Waals surface area contributed by atoms with Crippen LogP contribution in [-0.4, -0.2) is 70.4 Å².